The Kier molecular flexibility index (Phi) is 3.35. The summed E-state index contributed by atoms with van der Waals surface area (Å²) in [6, 6.07) is 12.7. The molecular formula is C20H12BrFN4O. The number of halogens is 2. The van der Waals surface area contributed by atoms with Crippen LogP contribution in [-0.4, -0.2) is 15.2 Å². The Morgan fingerprint density at radius 2 is 1.78 bits per heavy atom. The lowest BCUT2D eigenvalue weighted by molar-refractivity contribution is 0.636. The summed E-state index contributed by atoms with van der Waals surface area (Å²) in [6.07, 6.45) is 1.54. The largest absolute Gasteiger partial charge is 0.394 e. The molecule has 0 spiro atoms. The Labute approximate surface area is 160 Å². The van der Waals surface area contributed by atoms with E-state index in [2.05, 4.69) is 31.1 Å². The van der Waals surface area contributed by atoms with Crippen molar-refractivity contribution in [3.8, 4) is 11.1 Å². The number of nitrogen functional groups attached to an aromatic ring is 1. The normalized spacial score (nSPS) is 11.6. The number of H-pyrrole nitrogens is 2. The highest BCUT2D eigenvalue weighted by Crippen LogP contribution is 2.40. The average molecular weight is 423 g/mol. The summed E-state index contributed by atoms with van der Waals surface area (Å²) in [7, 11) is 0. The molecule has 4 N–H and O–H groups in total. The van der Waals surface area contributed by atoms with Crippen molar-refractivity contribution < 1.29 is 4.39 Å². The number of anilines is 1. The molecule has 0 atom stereocenters. The lowest BCUT2D eigenvalue weighted by Gasteiger charge is -2.14. The van der Waals surface area contributed by atoms with E-state index in [1.165, 1.54) is 12.3 Å². The van der Waals surface area contributed by atoms with Gasteiger partial charge in [0.1, 0.15) is 17.0 Å². The summed E-state index contributed by atoms with van der Waals surface area (Å²) in [5.74, 6) is -0.411. The van der Waals surface area contributed by atoms with Gasteiger partial charge in [-0.25, -0.2) is 4.39 Å². The number of hydrogen-bond donors (Lipinski definition) is 3. The fourth-order valence-electron chi connectivity index (χ4n) is 3.61. The molecule has 27 heavy (non-hydrogen) atoms. The Balaban J connectivity index is 2.03. The van der Waals surface area contributed by atoms with E-state index in [1.54, 1.807) is 6.07 Å². The number of hydrogen-bond acceptors (Lipinski definition) is 3. The third-order valence-electron chi connectivity index (χ3n) is 4.85. The first-order valence-electron chi connectivity index (χ1n) is 8.21. The molecule has 0 aliphatic heterocycles. The second-order valence-electron chi connectivity index (χ2n) is 6.32. The van der Waals surface area contributed by atoms with Crippen LogP contribution in [0.4, 0.5) is 10.1 Å². The molecule has 5 rings (SSSR count). The van der Waals surface area contributed by atoms with Crippen LogP contribution in [0.1, 0.15) is 0 Å². The molecule has 3 aromatic carbocycles. The van der Waals surface area contributed by atoms with Crippen LogP contribution < -0.4 is 11.3 Å². The Morgan fingerprint density at radius 1 is 1.00 bits per heavy atom. The number of nitrogens with one attached hydrogen (secondary N) is 2. The number of pyridine rings is 1. The highest BCUT2D eigenvalue weighted by Gasteiger charge is 2.19. The van der Waals surface area contributed by atoms with Crippen molar-refractivity contribution in [1.29, 1.82) is 0 Å². The standard InChI is InChI=1S/C20H12BrFN4O/c21-14-7-12-16(10-5-6-15(22)19-13(10)8-24-26-19)17(23)20(27)25-18(12)11-4-2-1-3-9(11)14/h1-8H,23H2,(H,24,26)(H,25,27). The minimum absolute atomic E-state index is 0.0822. The predicted octanol–water partition coefficient (Wildman–Crippen LogP) is 4.71. The highest BCUT2D eigenvalue weighted by molar-refractivity contribution is 9.10. The van der Waals surface area contributed by atoms with Crippen molar-refractivity contribution in [2.24, 2.45) is 0 Å². The van der Waals surface area contributed by atoms with Crippen molar-refractivity contribution in [2.45, 2.75) is 0 Å². The molecule has 132 valence electrons. The van der Waals surface area contributed by atoms with E-state index in [0.717, 1.165) is 20.6 Å². The molecular weight excluding hydrogens is 411 g/mol. The van der Waals surface area contributed by atoms with Gasteiger partial charge in [-0.3, -0.25) is 9.89 Å². The molecule has 0 radical (unpaired) electrons. The Hall–Kier alpha value is -3.19. The number of benzene rings is 3. The van der Waals surface area contributed by atoms with Crippen LogP contribution in [0.3, 0.4) is 0 Å². The van der Waals surface area contributed by atoms with Gasteiger partial charge in [-0.05, 0) is 23.1 Å². The number of aromatic nitrogens is 3. The van der Waals surface area contributed by atoms with Crippen LogP contribution in [0.5, 0.6) is 0 Å². The number of aromatic amines is 2. The maximum absolute atomic E-state index is 14.1. The molecule has 0 fully saturated rings. The third kappa shape index (κ3) is 2.21. The molecule has 7 heteroatoms. The van der Waals surface area contributed by atoms with Gasteiger partial charge in [0.2, 0.25) is 0 Å². The van der Waals surface area contributed by atoms with Crippen LogP contribution in [0.2, 0.25) is 0 Å². The lowest BCUT2D eigenvalue weighted by Crippen LogP contribution is -2.13. The maximum Gasteiger partial charge on any atom is 0.272 e. The zero-order chi connectivity index (χ0) is 18.7. The van der Waals surface area contributed by atoms with Crippen LogP contribution >= 0.6 is 15.9 Å². The van der Waals surface area contributed by atoms with E-state index < -0.39 is 5.82 Å². The summed E-state index contributed by atoms with van der Waals surface area (Å²) in [5, 5.41) is 9.81. The summed E-state index contributed by atoms with van der Waals surface area (Å²) >= 11 is 3.61. The quantitative estimate of drug-likeness (QED) is 0.342. The van der Waals surface area contributed by atoms with Gasteiger partial charge in [0.05, 0.1) is 11.7 Å². The molecule has 0 bridgehead atoms. The van der Waals surface area contributed by atoms with Gasteiger partial charge in [0.15, 0.2) is 0 Å². The zero-order valence-corrected chi connectivity index (χ0v) is 15.4. The van der Waals surface area contributed by atoms with Crippen molar-refractivity contribution in [3.63, 3.8) is 0 Å². The third-order valence-corrected chi connectivity index (χ3v) is 5.51. The van der Waals surface area contributed by atoms with Crippen molar-refractivity contribution in [2.75, 3.05) is 5.73 Å². The summed E-state index contributed by atoms with van der Waals surface area (Å²) in [4.78, 5) is 15.5. The summed E-state index contributed by atoms with van der Waals surface area (Å²) < 4.78 is 15.0. The molecule has 0 aliphatic carbocycles. The van der Waals surface area contributed by atoms with E-state index in [1.807, 2.05) is 30.3 Å². The van der Waals surface area contributed by atoms with E-state index in [9.17, 15) is 9.18 Å². The first-order valence-corrected chi connectivity index (χ1v) is 9.00. The molecule has 0 saturated carbocycles. The van der Waals surface area contributed by atoms with Crippen molar-refractivity contribution >= 4 is 54.2 Å². The van der Waals surface area contributed by atoms with E-state index in [0.29, 0.717) is 22.0 Å². The van der Waals surface area contributed by atoms with Gasteiger partial charge in [0, 0.05) is 26.2 Å². The van der Waals surface area contributed by atoms with Gasteiger partial charge in [-0.2, -0.15) is 5.10 Å². The molecule has 0 unspecified atom stereocenters. The van der Waals surface area contributed by atoms with Gasteiger partial charge < -0.3 is 10.7 Å². The number of nitrogens with two attached hydrogens (primary N) is 1. The monoisotopic (exact) mass is 422 g/mol. The minimum Gasteiger partial charge on any atom is -0.394 e. The van der Waals surface area contributed by atoms with E-state index in [4.69, 9.17) is 5.73 Å². The summed E-state index contributed by atoms with van der Waals surface area (Å²) in [6.45, 7) is 0. The molecule has 0 aliphatic rings. The average Bonchev–Trinajstić information content (AvgIpc) is 3.16. The smallest absolute Gasteiger partial charge is 0.272 e. The molecule has 0 amide bonds. The number of rotatable bonds is 1. The van der Waals surface area contributed by atoms with Crippen molar-refractivity contribution in [1.82, 2.24) is 15.2 Å². The maximum atomic E-state index is 14.1. The van der Waals surface area contributed by atoms with Crippen LogP contribution in [0.15, 0.2) is 57.9 Å². The second kappa shape index (κ2) is 5.65. The first-order chi connectivity index (χ1) is 13.1. The molecule has 0 saturated heterocycles. The fraction of sp³-hybridized carbons (Fsp3) is 0. The van der Waals surface area contributed by atoms with E-state index >= 15 is 0 Å². The number of nitrogens with zero attached hydrogens (tertiary/aromatic N) is 1. The zero-order valence-electron chi connectivity index (χ0n) is 13.8. The predicted molar refractivity (Wildman–Crippen MR) is 109 cm³/mol. The SMILES string of the molecule is Nc1c(-c2ccc(F)c3[nH]ncc23)c2cc(Br)c3ccccc3c2[nH]c1=O. The van der Waals surface area contributed by atoms with Gasteiger partial charge in [-0.1, -0.05) is 46.3 Å². The highest BCUT2D eigenvalue weighted by atomic mass is 79.9. The lowest BCUT2D eigenvalue weighted by atomic mass is 9.95. The van der Waals surface area contributed by atoms with Crippen LogP contribution in [0.25, 0.3) is 43.7 Å². The summed E-state index contributed by atoms with van der Waals surface area (Å²) in [5.41, 5.74) is 8.06. The minimum atomic E-state index is -0.411. The van der Waals surface area contributed by atoms with Crippen LogP contribution in [-0.2, 0) is 0 Å². The fourth-order valence-corrected chi connectivity index (χ4v) is 4.19. The Morgan fingerprint density at radius 3 is 2.59 bits per heavy atom. The van der Waals surface area contributed by atoms with E-state index in [-0.39, 0.29) is 16.8 Å². The van der Waals surface area contributed by atoms with Crippen molar-refractivity contribution in [3.05, 3.63) is 69.3 Å². The van der Waals surface area contributed by atoms with Crippen LogP contribution in [0, 0.1) is 5.82 Å². The Bertz CT molecular complexity index is 1440. The van der Waals surface area contributed by atoms with Gasteiger partial charge in [0.25, 0.3) is 5.56 Å². The topological polar surface area (TPSA) is 87.6 Å². The second-order valence-corrected chi connectivity index (χ2v) is 7.18. The molecule has 2 aromatic heterocycles. The molecule has 5 aromatic rings. The molecule has 2 heterocycles. The number of fused-ring (bicyclic) bond motifs is 4. The first kappa shape index (κ1) is 16.0. The van der Waals surface area contributed by atoms with Gasteiger partial charge in [-0.15, -0.1) is 0 Å². The molecule has 5 nitrogen and oxygen atoms in total. The van der Waals surface area contributed by atoms with Gasteiger partial charge >= 0.3 is 0 Å².